The molecule has 0 fully saturated rings. The van der Waals surface area contributed by atoms with E-state index in [1.165, 1.54) is 5.56 Å². The van der Waals surface area contributed by atoms with E-state index in [9.17, 15) is 9.59 Å². The normalized spacial score (nSPS) is 13.0. The van der Waals surface area contributed by atoms with Gasteiger partial charge >= 0.3 is 5.97 Å². The Kier molecular flexibility index (Phi) is 5.75. The lowest BCUT2D eigenvalue weighted by molar-refractivity contribution is -0.140. The van der Waals surface area contributed by atoms with Crippen LogP contribution in [0.5, 0.6) is 0 Å². The summed E-state index contributed by atoms with van der Waals surface area (Å²) in [4.78, 5) is 25.1. The number of carbonyl (C=O) groups excluding carboxylic acids is 1. The van der Waals surface area contributed by atoms with Crippen molar-refractivity contribution in [2.24, 2.45) is 11.8 Å². The molecule has 1 atom stereocenters. The second-order valence-corrected chi connectivity index (χ2v) is 7.14. The van der Waals surface area contributed by atoms with E-state index in [2.05, 4.69) is 20.8 Å². The molecule has 0 bridgehead atoms. The van der Waals surface area contributed by atoms with Gasteiger partial charge in [0.2, 0.25) is 5.91 Å². The number of hydrogen-bond donors (Lipinski definition) is 1. The molecule has 22 heavy (non-hydrogen) atoms. The Morgan fingerprint density at radius 2 is 1.59 bits per heavy atom. The summed E-state index contributed by atoms with van der Waals surface area (Å²) >= 11 is 0. The van der Waals surface area contributed by atoms with Gasteiger partial charge in [0.25, 0.3) is 0 Å². The maximum atomic E-state index is 12.4. The second-order valence-electron chi connectivity index (χ2n) is 7.14. The Labute approximate surface area is 133 Å². The van der Waals surface area contributed by atoms with Crippen LogP contribution in [-0.4, -0.2) is 23.5 Å². The summed E-state index contributed by atoms with van der Waals surface area (Å²) in [5, 5.41) is 9.11. The van der Waals surface area contributed by atoms with Crippen LogP contribution in [0.3, 0.4) is 0 Å². The fourth-order valence-corrected chi connectivity index (χ4v) is 2.13. The van der Waals surface area contributed by atoms with Gasteiger partial charge in [0, 0.05) is 18.2 Å². The Hall–Kier alpha value is -1.84. The molecule has 0 heterocycles. The van der Waals surface area contributed by atoms with Crippen molar-refractivity contribution in [3.8, 4) is 0 Å². The highest BCUT2D eigenvalue weighted by molar-refractivity contribution is 5.95. The van der Waals surface area contributed by atoms with Crippen LogP contribution >= 0.6 is 0 Å². The summed E-state index contributed by atoms with van der Waals surface area (Å²) in [6.45, 7) is 11.8. The van der Waals surface area contributed by atoms with Crippen molar-refractivity contribution in [1.82, 2.24) is 0 Å². The molecule has 1 unspecified atom stereocenters. The van der Waals surface area contributed by atoms with Crippen LogP contribution in [0.4, 0.5) is 5.69 Å². The lowest BCUT2D eigenvalue weighted by Crippen LogP contribution is -2.39. The zero-order valence-corrected chi connectivity index (χ0v) is 14.4. The monoisotopic (exact) mass is 305 g/mol. The number of rotatable bonds is 5. The van der Waals surface area contributed by atoms with E-state index >= 15 is 0 Å². The molecule has 0 aromatic heterocycles. The average Bonchev–Trinajstić information content (AvgIpc) is 2.42. The van der Waals surface area contributed by atoms with Gasteiger partial charge in [0.05, 0.1) is 5.92 Å². The lowest BCUT2D eigenvalue weighted by atomic mass is 9.87. The molecular weight excluding hydrogens is 278 g/mol. The number of benzene rings is 1. The molecule has 0 aliphatic carbocycles. The maximum Gasteiger partial charge on any atom is 0.308 e. The number of carboxylic acid groups (broad SMARTS) is 1. The Bertz CT molecular complexity index is 526. The van der Waals surface area contributed by atoms with Crippen molar-refractivity contribution >= 4 is 17.6 Å². The minimum atomic E-state index is -0.895. The number of carbonyl (C=O) groups is 2. The molecule has 0 saturated heterocycles. The number of carboxylic acids is 1. The second kappa shape index (κ2) is 6.95. The van der Waals surface area contributed by atoms with E-state index in [-0.39, 0.29) is 23.8 Å². The topological polar surface area (TPSA) is 57.6 Å². The highest BCUT2D eigenvalue weighted by atomic mass is 16.4. The van der Waals surface area contributed by atoms with Gasteiger partial charge in [-0.2, -0.15) is 0 Å². The van der Waals surface area contributed by atoms with E-state index in [4.69, 9.17) is 5.11 Å². The molecule has 1 aromatic carbocycles. The molecule has 0 aliphatic heterocycles. The smallest absolute Gasteiger partial charge is 0.308 e. The Balaban J connectivity index is 3.10. The Morgan fingerprint density at radius 1 is 1.09 bits per heavy atom. The van der Waals surface area contributed by atoms with Gasteiger partial charge in [-0.25, -0.2) is 0 Å². The van der Waals surface area contributed by atoms with Crippen molar-refractivity contribution < 1.29 is 14.7 Å². The summed E-state index contributed by atoms with van der Waals surface area (Å²) in [7, 11) is 0. The summed E-state index contributed by atoms with van der Waals surface area (Å²) in [5.41, 5.74) is 1.97. The fraction of sp³-hybridized carbons (Fsp3) is 0.556. The third-order valence-electron chi connectivity index (χ3n) is 3.68. The molecule has 1 N–H and O–H groups in total. The van der Waals surface area contributed by atoms with Gasteiger partial charge in [-0.3, -0.25) is 9.59 Å². The van der Waals surface area contributed by atoms with Crippen LogP contribution in [0.15, 0.2) is 24.3 Å². The molecule has 0 spiro atoms. The molecule has 122 valence electrons. The third kappa shape index (κ3) is 4.58. The molecule has 0 radical (unpaired) electrons. The van der Waals surface area contributed by atoms with Gasteiger partial charge in [-0.15, -0.1) is 0 Å². The molecule has 1 rings (SSSR count). The summed E-state index contributed by atoms with van der Waals surface area (Å²) in [6, 6.07) is 7.80. The van der Waals surface area contributed by atoms with E-state index in [1.54, 1.807) is 11.8 Å². The SMILES string of the molecule is CC(C)C(=O)N(CC(C)C(=O)O)c1ccc(C(C)(C)C)cc1. The molecule has 0 aliphatic rings. The number of nitrogens with zero attached hydrogens (tertiary/aromatic N) is 1. The fourth-order valence-electron chi connectivity index (χ4n) is 2.13. The van der Waals surface area contributed by atoms with Crippen molar-refractivity contribution in [1.29, 1.82) is 0 Å². The van der Waals surface area contributed by atoms with Crippen LogP contribution in [-0.2, 0) is 15.0 Å². The van der Waals surface area contributed by atoms with Gasteiger partial charge in [0.1, 0.15) is 0 Å². The van der Waals surface area contributed by atoms with Crippen molar-refractivity contribution in [3.05, 3.63) is 29.8 Å². The highest BCUT2D eigenvalue weighted by Crippen LogP contribution is 2.26. The lowest BCUT2D eigenvalue weighted by Gasteiger charge is -2.27. The zero-order valence-electron chi connectivity index (χ0n) is 14.4. The third-order valence-corrected chi connectivity index (χ3v) is 3.68. The van der Waals surface area contributed by atoms with Gasteiger partial charge in [-0.05, 0) is 23.1 Å². The van der Waals surface area contributed by atoms with E-state index in [0.717, 1.165) is 5.69 Å². The molecule has 1 amide bonds. The first-order chi connectivity index (χ1) is 10.0. The van der Waals surface area contributed by atoms with Crippen LogP contribution < -0.4 is 4.90 Å². The van der Waals surface area contributed by atoms with E-state index < -0.39 is 11.9 Å². The van der Waals surface area contributed by atoms with Crippen LogP contribution in [0.1, 0.15) is 47.1 Å². The molecule has 4 nitrogen and oxygen atoms in total. The molecule has 4 heteroatoms. The quantitative estimate of drug-likeness (QED) is 0.902. The molecule has 0 saturated carbocycles. The zero-order chi connectivity index (χ0) is 17.1. The van der Waals surface area contributed by atoms with Crippen LogP contribution in [0.25, 0.3) is 0 Å². The largest absolute Gasteiger partial charge is 0.481 e. The summed E-state index contributed by atoms with van der Waals surface area (Å²) in [5.74, 6) is -1.74. The maximum absolute atomic E-state index is 12.4. The van der Waals surface area contributed by atoms with Gasteiger partial charge < -0.3 is 10.0 Å². The van der Waals surface area contributed by atoms with E-state index in [1.807, 2.05) is 38.1 Å². The van der Waals surface area contributed by atoms with E-state index in [0.29, 0.717) is 0 Å². The first-order valence-corrected chi connectivity index (χ1v) is 7.68. The minimum absolute atomic E-state index is 0.0414. The first-order valence-electron chi connectivity index (χ1n) is 7.68. The first kappa shape index (κ1) is 18.2. The number of aliphatic carboxylic acids is 1. The summed E-state index contributed by atoms with van der Waals surface area (Å²) < 4.78 is 0. The number of hydrogen-bond acceptors (Lipinski definition) is 2. The summed E-state index contributed by atoms with van der Waals surface area (Å²) in [6.07, 6.45) is 0. The predicted molar refractivity (Wildman–Crippen MR) is 89.1 cm³/mol. The number of amides is 1. The van der Waals surface area contributed by atoms with Crippen molar-refractivity contribution in [3.63, 3.8) is 0 Å². The predicted octanol–water partition coefficient (Wildman–Crippen LogP) is 3.69. The number of anilines is 1. The standard InChI is InChI=1S/C18H27NO3/c1-12(2)16(20)19(11-13(3)17(21)22)15-9-7-14(8-10-15)18(4,5)6/h7-10,12-13H,11H2,1-6H3,(H,21,22). The van der Waals surface area contributed by atoms with Crippen LogP contribution in [0, 0.1) is 11.8 Å². The molecule has 1 aromatic rings. The van der Waals surface area contributed by atoms with Gasteiger partial charge in [-0.1, -0.05) is 53.7 Å². The van der Waals surface area contributed by atoms with Crippen molar-refractivity contribution in [2.45, 2.75) is 47.0 Å². The molecular formula is C18H27NO3. The average molecular weight is 305 g/mol. The highest BCUT2D eigenvalue weighted by Gasteiger charge is 2.24. The van der Waals surface area contributed by atoms with Gasteiger partial charge in [0.15, 0.2) is 0 Å². The van der Waals surface area contributed by atoms with Crippen LogP contribution in [0.2, 0.25) is 0 Å². The van der Waals surface area contributed by atoms with Crippen molar-refractivity contribution in [2.75, 3.05) is 11.4 Å². The minimum Gasteiger partial charge on any atom is -0.481 e. The Morgan fingerprint density at radius 3 is 1.95 bits per heavy atom.